The normalized spacial score (nSPS) is 17.2. The number of hydrogen-bond donors (Lipinski definition) is 1. The van der Waals surface area contributed by atoms with Crippen molar-refractivity contribution in [2.75, 3.05) is 39.3 Å². The van der Waals surface area contributed by atoms with Crippen molar-refractivity contribution in [3.8, 4) is 5.75 Å². The number of sulfonamides is 1. The molecule has 7 nitrogen and oxygen atoms in total. The first-order chi connectivity index (χ1) is 19.6. The number of benzene rings is 3. The molecule has 1 aliphatic rings. The minimum atomic E-state index is -3.64. The van der Waals surface area contributed by atoms with Crippen LogP contribution >= 0.6 is 0 Å². The van der Waals surface area contributed by atoms with E-state index in [1.165, 1.54) is 0 Å². The summed E-state index contributed by atoms with van der Waals surface area (Å²) in [7, 11) is -3.64. The Kier molecular flexibility index (Phi) is 10.6. The Morgan fingerprint density at radius 2 is 1.46 bits per heavy atom. The second kappa shape index (κ2) is 14.1. The molecule has 41 heavy (non-hydrogen) atoms. The summed E-state index contributed by atoms with van der Waals surface area (Å²) in [5.41, 5.74) is 3.04. The molecule has 1 heterocycles. The number of carbonyl (C=O) groups excluding carboxylic acids is 1. The summed E-state index contributed by atoms with van der Waals surface area (Å²) in [5, 5.41) is 3.46. The fourth-order valence-corrected chi connectivity index (χ4v) is 7.17. The maximum Gasteiger partial charge on any atom is 0.260 e. The van der Waals surface area contributed by atoms with Crippen LogP contribution in [0.25, 0.3) is 0 Å². The lowest BCUT2D eigenvalue weighted by molar-refractivity contribution is -0.134. The Morgan fingerprint density at radius 1 is 0.878 bits per heavy atom. The van der Waals surface area contributed by atoms with Crippen LogP contribution in [0.2, 0.25) is 0 Å². The fraction of sp³-hybridized carbons (Fsp3) is 0.424. The van der Waals surface area contributed by atoms with E-state index in [4.69, 9.17) is 4.74 Å². The van der Waals surface area contributed by atoms with Gasteiger partial charge in [-0.15, -0.1) is 0 Å². The van der Waals surface area contributed by atoms with E-state index in [9.17, 15) is 13.2 Å². The standard InChI is InChI=1S/C33H43N3O4S/c1-25(2)20-36(41(38,39)31-16-9-6-10-17-31)23-30-19-34-18-29(30)22-35(21-28-14-7-5-8-15-28)32(37)24-40-33-26(3)12-11-13-27(33)4/h5-17,25,29-30,34H,18-24H2,1-4H3/t29-,30+/m1/s1. The van der Waals surface area contributed by atoms with E-state index in [0.29, 0.717) is 37.6 Å². The molecule has 1 fully saturated rings. The van der Waals surface area contributed by atoms with Crippen molar-refractivity contribution in [3.63, 3.8) is 0 Å². The highest BCUT2D eigenvalue weighted by Gasteiger charge is 2.35. The number of nitrogens with zero attached hydrogens (tertiary/aromatic N) is 2. The Morgan fingerprint density at radius 3 is 2.07 bits per heavy atom. The van der Waals surface area contributed by atoms with Gasteiger partial charge in [0.05, 0.1) is 4.90 Å². The van der Waals surface area contributed by atoms with Crippen molar-refractivity contribution in [3.05, 3.63) is 95.6 Å². The Hall–Kier alpha value is -3.20. The molecule has 0 aromatic heterocycles. The molecular formula is C33H43N3O4S. The molecule has 0 unspecified atom stereocenters. The maximum atomic E-state index is 13.6. The number of rotatable bonds is 13. The second-order valence-electron chi connectivity index (χ2n) is 11.5. The highest BCUT2D eigenvalue weighted by atomic mass is 32.2. The van der Waals surface area contributed by atoms with Crippen molar-refractivity contribution >= 4 is 15.9 Å². The van der Waals surface area contributed by atoms with E-state index in [1.807, 2.05) is 87.2 Å². The molecule has 0 saturated carbocycles. The molecule has 0 spiro atoms. The zero-order valence-electron chi connectivity index (χ0n) is 24.6. The van der Waals surface area contributed by atoms with Gasteiger partial charge >= 0.3 is 0 Å². The topological polar surface area (TPSA) is 79.0 Å². The molecule has 3 aromatic rings. The number of hydrogen-bond acceptors (Lipinski definition) is 5. The highest BCUT2D eigenvalue weighted by molar-refractivity contribution is 7.89. The average molecular weight is 578 g/mol. The van der Waals surface area contributed by atoms with Crippen LogP contribution < -0.4 is 10.1 Å². The molecule has 1 amide bonds. The number of para-hydroxylation sites is 1. The van der Waals surface area contributed by atoms with Crippen molar-refractivity contribution in [1.82, 2.24) is 14.5 Å². The van der Waals surface area contributed by atoms with Gasteiger partial charge in [0.1, 0.15) is 5.75 Å². The third kappa shape index (κ3) is 8.18. The number of amides is 1. The van der Waals surface area contributed by atoms with E-state index in [2.05, 4.69) is 5.32 Å². The van der Waals surface area contributed by atoms with Crippen LogP contribution in [0.15, 0.2) is 83.8 Å². The number of nitrogens with one attached hydrogen (secondary N) is 1. The third-order valence-corrected chi connectivity index (χ3v) is 9.49. The van der Waals surface area contributed by atoms with Crippen LogP contribution in [-0.2, 0) is 21.4 Å². The summed E-state index contributed by atoms with van der Waals surface area (Å²) in [6, 6.07) is 24.6. The van der Waals surface area contributed by atoms with Crippen molar-refractivity contribution < 1.29 is 17.9 Å². The van der Waals surface area contributed by atoms with Crippen LogP contribution in [0, 0.1) is 31.6 Å². The van der Waals surface area contributed by atoms with Gasteiger partial charge in [-0.2, -0.15) is 4.31 Å². The van der Waals surface area contributed by atoms with Gasteiger partial charge in [0.15, 0.2) is 6.61 Å². The SMILES string of the molecule is Cc1cccc(C)c1OCC(=O)N(Cc1ccccc1)C[C@H]1CNC[C@H]1CN(CC(C)C)S(=O)(=O)c1ccccc1. The van der Waals surface area contributed by atoms with E-state index >= 15 is 0 Å². The molecule has 220 valence electrons. The van der Waals surface area contributed by atoms with Gasteiger partial charge in [-0.3, -0.25) is 4.79 Å². The molecule has 2 atom stereocenters. The van der Waals surface area contributed by atoms with Gasteiger partial charge in [0.2, 0.25) is 10.0 Å². The monoisotopic (exact) mass is 577 g/mol. The van der Waals surface area contributed by atoms with Gasteiger partial charge in [0.25, 0.3) is 5.91 Å². The van der Waals surface area contributed by atoms with E-state index < -0.39 is 10.0 Å². The van der Waals surface area contributed by atoms with E-state index in [-0.39, 0.29) is 30.3 Å². The smallest absolute Gasteiger partial charge is 0.260 e. The molecular weight excluding hydrogens is 534 g/mol. The Labute approximate surface area is 245 Å². The fourth-order valence-electron chi connectivity index (χ4n) is 5.49. The van der Waals surface area contributed by atoms with Gasteiger partial charge < -0.3 is 15.0 Å². The molecule has 3 aromatic carbocycles. The molecule has 0 aliphatic carbocycles. The zero-order chi connectivity index (χ0) is 29.4. The second-order valence-corrected chi connectivity index (χ2v) is 13.4. The molecule has 0 radical (unpaired) electrons. The van der Waals surface area contributed by atoms with Gasteiger partial charge in [-0.25, -0.2) is 8.42 Å². The van der Waals surface area contributed by atoms with Gasteiger partial charge in [-0.05, 0) is 67.0 Å². The lowest BCUT2D eigenvalue weighted by Crippen LogP contribution is -2.43. The average Bonchev–Trinajstić information content (AvgIpc) is 3.39. The first-order valence-corrected chi connectivity index (χ1v) is 15.9. The zero-order valence-corrected chi connectivity index (χ0v) is 25.4. The summed E-state index contributed by atoms with van der Waals surface area (Å²) >= 11 is 0. The summed E-state index contributed by atoms with van der Waals surface area (Å²) in [4.78, 5) is 15.8. The van der Waals surface area contributed by atoms with Crippen LogP contribution in [0.3, 0.4) is 0 Å². The summed E-state index contributed by atoms with van der Waals surface area (Å²) in [6.07, 6.45) is 0. The van der Waals surface area contributed by atoms with Crippen molar-refractivity contribution in [2.45, 2.75) is 39.1 Å². The van der Waals surface area contributed by atoms with Crippen LogP contribution in [0.1, 0.15) is 30.5 Å². The Bertz CT molecular complexity index is 1360. The minimum Gasteiger partial charge on any atom is -0.483 e. The lowest BCUT2D eigenvalue weighted by atomic mass is 9.94. The summed E-state index contributed by atoms with van der Waals surface area (Å²) in [5.74, 6) is 1.01. The minimum absolute atomic E-state index is 0.0504. The number of aryl methyl sites for hydroxylation is 2. The maximum absolute atomic E-state index is 13.6. The molecule has 8 heteroatoms. The number of ether oxygens (including phenoxy) is 1. The predicted octanol–water partition coefficient (Wildman–Crippen LogP) is 4.89. The summed E-state index contributed by atoms with van der Waals surface area (Å²) < 4.78 is 34.9. The molecule has 1 saturated heterocycles. The first-order valence-electron chi connectivity index (χ1n) is 14.4. The van der Waals surface area contributed by atoms with Gasteiger partial charge in [-0.1, -0.05) is 80.6 Å². The highest BCUT2D eigenvalue weighted by Crippen LogP contribution is 2.26. The van der Waals surface area contributed by atoms with Crippen LogP contribution in [-0.4, -0.2) is 62.9 Å². The molecule has 0 bridgehead atoms. The Balaban J connectivity index is 1.52. The van der Waals surface area contributed by atoms with Crippen molar-refractivity contribution in [2.24, 2.45) is 17.8 Å². The quantitative estimate of drug-likeness (QED) is 0.313. The largest absolute Gasteiger partial charge is 0.483 e. The summed E-state index contributed by atoms with van der Waals surface area (Å²) in [6.45, 7) is 11.2. The third-order valence-electron chi connectivity index (χ3n) is 7.64. The van der Waals surface area contributed by atoms with Crippen LogP contribution in [0.5, 0.6) is 5.75 Å². The molecule has 1 aliphatic heterocycles. The lowest BCUT2D eigenvalue weighted by Gasteiger charge is -2.32. The van der Waals surface area contributed by atoms with Crippen molar-refractivity contribution in [1.29, 1.82) is 0 Å². The first kappa shape index (κ1) is 30.8. The number of carbonyl (C=O) groups is 1. The molecule has 1 N–H and O–H groups in total. The van der Waals surface area contributed by atoms with E-state index in [1.54, 1.807) is 28.6 Å². The predicted molar refractivity (Wildman–Crippen MR) is 163 cm³/mol. The van der Waals surface area contributed by atoms with Gasteiger partial charge in [0, 0.05) is 32.7 Å². The molecule has 4 rings (SSSR count). The van der Waals surface area contributed by atoms with E-state index in [0.717, 1.165) is 29.0 Å². The van der Waals surface area contributed by atoms with Crippen LogP contribution in [0.4, 0.5) is 0 Å².